The molecule has 3 rings (SSSR count). The molecule has 4 nitrogen and oxygen atoms in total. The number of nitrogens with one attached hydrogen (secondary N) is 1. The fourth-order valence-electron chi connectivity index (χ4n) is 6.14. The Kier molecular flexibility index (Phi) is 10.8. The molecule has 1 saturated carbocycles. The van der Waals surface area contributed by atoms with Gasteiger partial charge in [0.2, 0.25) is 0 Å². The van der Waals surface area contributed by atoms with Crippen molar-refractivity contribution in [2.24, 2.45) is 11.8 Å². The highest BCUT2D eigenvalue weighted by Gasteiger charge is 2.44. The minimum absolute atomic E-state index is 0.200. The maximum Gasteiger partial charge on any atom is 0.165 e. The van der Waals surface area contributed by atoms with Crippen molar-refractivity contribution in [3.8, 4) is 0 Å². The SMILES string of the molecule is CNCC(CC1CCC(F)CC1)N1CCCC([C@@](O)(CCCCOC)c2cc(F)cc(F)c2F)C1. The van der Waals surface area contributed by atoms with Crippen molar-refractivity contribution in [3.05, 3.63) is 35.1 Å². The van der Waals surface area contributed by atoms with E-state index in [1.807, 2.05) is 7.05 Å². The molecule has 1 aromatic rings. The molecule has 0 bridgehead atoms. The zero-order chi connectivity index (χ0) is 25.4. The average Bonchev–Trinajstić information content (AvgIpc) is 2.85. The zero-order valence-electron chi connectivity index (χ0n) is 21.2. The monoisotopic (exact) mass is 502 g/mol. The van der Waals surface area contributed by atoms with Crippen LogP contribution in [0.3, 0.4) is 0 Å². The minimum atomic E-state index is -1.68. The highest BCUT2D eigenvalue weighted by molar-refractivity contribution is 5.28. The van der Waals surface area contributed by atoms with Gasteiger partial charge in [0, 0.05) is 50.4 Å². The summed E-state index contributed by atoms with van der Waals surface area (Å²) < 4.78 is 62.0. The van der Waals surface area contributed by atoms with Gasteiger partial charge < -0.3 is 15.2 Å². The van der Waals surface area contributed by atoms with Gasteiger partial charge in [-0.3, -0.25) is 4.90 Å². The Hall–Kier alpha value is -1.22. The average molecular weight is 503 g/mol. The number of halogens is 4. The summed E-state index contributed by atoms with van der Waals surface area (Å²) in [5.74, 6) is -3.25. The van der Waals surface area contributed by atoms with E-state index in [4.69, 9.17) is 4.74 Å². The lowest BCUT2D eigenvalue weighted by Crippen LogP contribution is -2.52. The summed E-state index contributed by atoms with van der Waals surface area (Å²) in [6, 6.07) is 1.68. The summed E-state index contributed by atoms with van der Waals surface area (Å²) in [6.07, 6.45) is 6.11. The Bertz CT molecular complexity index is 791. The van der Waals surface area contributed by atoms with Crippen molar-refractivity contribution in [1.82, 2.24) is 10.2 Å². The maximum absolute atomic E-state index is 14.9. The lowest BCUT2D eigenvalue weighted by atomic mass is 9.73. The Morgan fingerprint density at radius 1 is 1.14 bits per heavy atom. The van der Waals surface area contributed by atoms with E-state index < -0.39 is 29.2 Å². The highest BCUT2D eigenvalue weighted by Crippen LogP contribution is 2.42. The number of nitrogens with zero attached hydrogens (tertiary/aromatic N) is 1. The van der Waals surface area contributed by atoms with Gasteiger partial charge in [-0.1, -0.05) is 0 Å². The van der Waals surface area contributed by atoms with Crippen LogP contribution in [0.1, 0.15) is 69.8 Å². The normalized spacial score (nSPS) is 26.4. The molecule has 0 spiro atoms. The summed E-state index contributed by atoms with van der Waals surface area (Å²) in [5, 5.41) is 15.2. The van der Waals surface area contributed by atoms with Crippen LogP contribution < -0.4 is 5.32 Å². The van der Waals surface area contributed by atoms with E-state index in [2.05, 4.69) is 10.2 Å². The van der Waals surface area contributed by atoms with Gasteiger partial charge in [0.25, 0.3) is 0 Å². The molecule has 1 aliphatic heterocycles. The van der Waals surface area contributed by atoms with E-state index in [-0.39, 0.29) is 23.9 Å². The fourth-order valence-corrected chi connectivity index (χ4v) is 6.14. The molecule has 1 saturated heterocycles. The lowest BCUT2D eigenvalue weighted by molar-refractivity contribution is -0.0717. The number of alkyl halides is 1. The molecule has 200 valence electrons. The third kappa shape index (κ3) is 7.40. The standard InChI is InChI=1S/C27H42F4N2O2/c1-32-17-23(14-19-7-9-21(28)10-8-19)33-12-5-6-20(18-33)27(34,11-3-4-13-35-2)24-15-22(29)16-25(30)26(24)31/h15-16,19-21,23,32,34H,3-14,17-18H2,1-2H3/t19?,20?,21?,23?,27-/m0/s1. The van der Waals surface area contributed by atoms with Crippen LogP contribution >= 0.6 is 0 Å². The molecular formula is C27H42F4N2O2. The van der Waals surface area contributed by atoms with Crippen molar-refractivity contribution in [1.29, 1.82) is 0 Å². The van der Waals surface area contributed by atoms with Crippen molar-refractivity contribution < 1.29 is 27.4 Å². The van der Waals surface area contributed by atoms with Gasteiger partial charge in [-0.25, -0.2) is 17.6 Å². The van der Waals surface area contributed by atoms with E-state index in [1.165, 1.54) is 0 Å². The number of methoxy groups -OCH3 is 1. The third-order valence-electron chi connectivity index (χ3n) is 8.08. The molecular weight excluding hydrogens is 460 g/mol. The number of aliphatic hydroxyl groups is 1. The van der Waals surface area contributed by atoms with Crippen LogP contribution in [0.25, 0.3) is 0 Å². The van der Waals surface area contributed by atoms with Gasteiger partial charge in [-0.15, -0.1) is 0 Å². The van der Waals surface area contributed by atoms with Gasteiger partial charge >= 0.3 is 0 Å². The number of likely N-dealkylation sites (tertiary alicyclic amines) is 1. The zero-order valence-corrected chi connectivity index (χ0v) is 21.2. The van der Waals surface area contributed by atoms with Crippen molar-refractivity contribution in [3.63, 3.8) is 0 Å². The number of benzene rings is 1. The quantitative estimate of drug-likeness (QED) is 0.231. The summed E-state index contributed by atoms with van der Waals surface area (Å²) in [5.41, 5.74) is -1.97. The number of rotatable bonds is 12. The van der Waals surface area contributed by atoms with Crippen molar-refractivity contribution in [2.75, 3.05) is 40.4 Å². The Balaban J connectivity index is 1.82. The van der Waals surface area contributed by atoms with Crippen molar-refractivity contribution >= 4 is 0 Å². The van der Waals surface area contributed by atoms with Crippen LogP contribution in [0, 0.1) is 29.3 Å². The number of ether oxygens (including phenoxy) is 1. The second kappa shape index (κ2) is 13.4. The molecule has 1 heterocycles. The van der Waals surface area contributed by atoms with Crippen LogP contribution in [0.4, 0.5) is 17.6 Å². The molecule has 0 amide bonds. The van der Waals surface area contributed by atoms with Crippen LogP contribution in [-0.2, 0) is 10.3 Å². The van der Waals surface area contributed by atoms with E-state index in [0.29, 0.717) is 57.2 Å². The predicted octanol–water partition coefficient (Wildman–Crippen LogP) is 5.33. The first-order chi connectivity index (χ1) is 16.8. The van der Waals surface area contributed by atoms with Gasteiger partial charge in [-0.05, 0) is 89.8 Å². The summed E-state index contributed by atoms with van der Waals surface area (Å²) >= 11 is 0. The van der Waals surface area contributed by atoms with Crippen LogP contribution in [0.2, 0.25) is 0 Å². The molecule has 0 aromatic heterocycles. The highest BCUT2D eigenvalue weighted by atomic mass is 19.2. The van der Waals surface area contributed by atoms with E-state index >= 15 is 0 Å². The second-order valence-corrected chi connectivity index (χ2v) is 10.5. The molecule has 2 fully saturated rings. The molecule has 2 N–H and O–H groups in total. The first-order valence-electron chi connectivity index (χ1n) is 13.2. The molecule has 2 aliphatic rings. The molecule has 8 heteroatoms. The Morgan fingerprint density at radius 3 is 2.57 bits per heavy atom. The Morgan fingerprint density at radius 2 is 1.89 bits per heavy atom. The number of piperidine rings is 1. The molecule has 3 atom stereocenters. The molecule has 35 heavy (non-hydrogen) atoms. The smallest absolute Gasteiger partial charge is 0.165 e. The molecule has 0 radical (unpaired) electrons. The first-order valence-corrected chi connectivity index (χ1v) is 13.2. The fraction of sp³-hybridized carbons (Fsp3) is 0.778. The van der Waals surface area contributed by atoms with Gasteiger partial charge in [0.1, 0.15) is 12.0 Å². The molecule has 1 aliphatic carbocycles. The van der Waals surface area contributed by atoms with E-state index in [0.717, 1.165) is 44.8 Å². The second-order valence-electron chi connectivity index (χ2n) is 10.5. The number of hydrogen-bond acceptors (Lipinski definition) is 4. The lowest BCUT2D eigenvalue weighted by Gasteiger charge is -2.46. The number of unbranched alkanes of at least 4 members (excludes halogenated alkanes) is 1. The Labute approximate surface area is 207 Å². The third-order valence-corrected chi connectivity index (χ3v) is 8.08. The van der Waals surface area contributed by atoms with E-state index in [1.54, 1.807) is 7.11 Å². The van der Waals surface area contributed by atoms with E-state index in [9.17, 15) is 22.7 Å². The van der Waals surface area contributed by atoms with Gasteiger partial charge in [-0.2, -0.15) is 0 Å². The van der Waals surface area contributed by atoms with Crippen LogP contribution in [-0.4, -0.2) is 62.6 Å². The maximum atomic E-state index is 14.9. The van der Waals surface area contributed by atoms with Crippen LogP contribution in [0.5, 0.6) is 0 Å². The predicted molar refractivity (Wildman–Crippen MR) is 129 cm³/mol. The molecule has 2 unspecified atom stereocenters. The summed E-state index contributed by atoms with van der Waals surface area (Å²) in [4.78, 5) is 2.33. The number of hydrogen-bond donors (Lipinski definition) is 2. The number of likely N-dealkylation sites (N-methyl/N-ethyl adjacent to an activating group) is 1. The largest absolute Gasteiger partial charge is 0.385 e. The van der Waals surface area contributed by atoms with Crippen molar-refractivity contribution in [2.45, 2.75) is 82.0 Å². The molecule has 1 aromatic carbocycles. The van der Waals surface area contributed by atoms with Gasteiger partial charge in [0.05, 0.1) is 5.60 Å². The topological polar surface area (TPSA) is 44.7 Å². The summed E-state index contributed by atoms with van der Waals surface area (Å²) in [7, 11) is 3.50. The minimum Gasteiger partial charge on any atom is -0.385 e. The van der Waals surface area contributed by atoms with Crippen LogP contribution in [0.15, 0.2) is 12.1 Å². The summed E-state index contributed by atoms with van der Waals surface area (Å²) in [6.45, 7) is 2.62. The first kappa shape index (κ1) is 28.4. The van der Waals surface area contributed by atoms with Gasteiger partial charge in [0.15, 0.2) is 11.6 Å².